The number of thiazole rings is 1. The van der Waals surface area contributed by atoms with Crippen LogP contribution in [0.25, 0.3) is 33.3 Å². The number of pyridine rings is 2. The van der Waals surface area contributed by atoms with Gasteiger partial charge in [-0.2, -0.15) is 0 Å². The maximum Gasteiger partial charge on any atom is 0.259 e. The molecule has 0 saturated carbocycles. The molecule has 174 valence electrons. The summed E-state index contributed by atoms with van der Waals surface area (Å²) in [5, 5.41) is 11.4. The maximum absolute atomic E-state index is 12.6. The topological polar surface area (TPSA) is 108 Å². The molecule has 8 nitrogen and oxygen atoms in total. The molecule has 5 aromatic rings. The standard InChI is InChI=1S/C26H23N7OS/c34-25-23-17(7-9-30-25)10-21(19-12-28-15-29-13-19)32-24(23)31-20-5-3-16(4-6-20)22-14-35-26(33-22)18-2-1-8-27-11-18/h3-7,9-10,12-15,18,27H,1-2,8,11H2,(H,30,34)(H,31,32). The Morgan fingerprint density at radius 2 is 1.86 bits per heavy atom. The summed E-state index contributed by atoms with van der Waals surface area (Å²) in [6, 6.07) is 11.8. The third-order valence-corrected chi connectivity index (χ3v) is 7.23. The van der Waals surface area contributed by atoms with Crippen LogP contribution >= 0.6 is 11.3 Å². The fourth-order valence-corrected chi connectivity index (χ4v) is 5.38. The number of hydrogen-bond donors (Lipinski definition) is 3. The molecule has 1 fully saturated rings. The number of aromatic nitrogens is 5. The minimum atomic E-state index is -0.197. The number of nitrogens with zero attached hydrogens (tertiary/aromatic N) is 4. The highest BCUT2D eigenvalue weighted by Crippen LogP contribution is 2.31. The first-order valence-corrected chi connectivity index (χ1v) is 12.4. The second-order valence-electron chi connectivity index (χ2n) is 8.57. The van der Waals surface area contributed by atoms with Gasteiger partial charge in [-0.15, -0.1) is 11.3 Å². The molecule has 9 heteroatoms. The quantitative estimate of drug-likeness (QED) is 0.333. The van der Waals surface area contributed by atoms with Crippen molar-refractivity contribution in [3.8, 4) is 22.5 Å². The fraction of sp³-hybridized carbons (Fsp3) is 0.192. The van der Waals surface area contributed by atoms with Crippen molar-refractivity contribution in [2.45, 2.75) is 18.8 Å². The van der Waals surface area contributed by atoms with Gasteiger partial charge in [0.2, 0.25) is 0 Å². The normalized spacial score (nSPS) is 15.8. The molecule has 1 saturated heterocycles. The molecular weight excluding hydrogens is 458 g/mol. The minimum absolute atomic E-state index is 0.197. The zero-order valence-corrected chi connectivity index (χ0v) is 19.7. The molecule has 0 bridgehead atoms. The number of anilines is 2. The predicted octanol–water partition coefficient (Wildman–Crippen LogP) is 4.71. The molecule has 1 aliphatic rings. The Morgan fingerprint density at radius 3 is 2.66 bits per heavy atom. The molecule has 0 aliphatic carbocycles. The summed E-state index contributed by atoms with van der Waals surface area (Å²) in [7, 11) is 0. The lowest BCUT2D eigenvalue weighted by molar-refractivity contribution is 0.460. The van der Waals surface area contributed by atoms with Crippen molar-refractivity contribution in [2.24, 2.45) is 0 Å². The number of piperidine rings is 1. The van der Waals surface area contributed by atoms with Crippen molar-refractivity contribution in [1.82, 2.24) is 30.2 Å². The van der Waals surface area contributed by atoms with Gasteiger partial charge >= 0.3 is 0 Å². The smallest absolute Gasteiger partial charge is 0.259 e. The van der Waals surface area contributed by atoms with Crippen LogP contribution in [0.4, 0.5) is 11.5 Å². The number of aromatic amines is 1. The van der Waals surface area contributed by atoms with Gasteiger partial charge in [-0.1, -0.05) is 12.1 Å². The lowest BCUT2D eigenvalue weighted by atomic mass is 10.0. The van der Waals surface area contributed by atoms with E-state index in [1.807, 2.05) is 36.4 Å². The van der Waals surface area contributed by atoms with E-state index in [2.05, 4.69) is 31.0 Å². The molecule has 3 N–H and O–H groups in total. The van der Waals surface area contributed by atoms with Crippen LogP contribution in [0, 0.1) is 0 Å². The minimum Gasteiger partial charge on any atom is -0.340 e. The van der Waals surface area contributed by atoms with Crippen molar-refractivity contribution < 1.29 is 0 Å². The van der Waals surface area contributed by atoms with Crippen LogP contribution in [0.5, 0.6) is 0 Å². The Bertz CT molecular complexity index is 1520. The maximum atomic E-state index is 12.6. The van der Waals surface area contributed by atoms with E-state index in [1.165, 1.54) is 24.2 Å². The Morgan fingerprint density at radius 1 is 1.00 bits per heavy atom. The van der Waals surface area contributed by atoms with Crippen molar-refractivity contribution in [1.29, 1.82) is 0 Å². The molecule has 35 heavy (non-hydrogen) atoms. The molecule has 0 radical (unpaired) electrons. The van der Waals surface area contributed by atoms with Gasteiger partial charge in [0.05, 0.1) is 21.8 Å². The van der Waals surface area contributed by atoms with E-state index in [4.69, 9.17) is 9.97 Å². The number of rotatable bonds is 5. The van der Waals surface area contributed by atoms with E-state index in [0.29, 0.717) is 22.8 Å². The van der Waals surface area contributed by atoms with Crippen molar-refractivity contribution in [3.05, 3.63) is 82.1 Å². The summed E-state index contributed by atoms with van der Waals surface area (Å²) in [5.41, 5.74) is 4.16. The first-order chi connectivity index (χ1) is 17.2. The average molecular weight is 482 g/mol. The van der Waals surface area contributed by atoms with Gasteiger partial charge < -0.3 is 15.6 Å². The monoisotopic (exact) mass is 481 g/mol. The van der Waals surface area contributed by atoms with E-state index >= 15 is 0 Å². The first kappa shape index (κ1) is 21.6. The van der Waals surface area contributed by atoms with Crippen LogP contribution < -0.4 is 16.2 Å². The molecular formula is C26H23N7OS. The van der Waals surface area contributed by atoms with Gasteiger partial charge in [-0.25, -0.2) is 19.9 Å². The molecule has 1 atom stereocenters. The number of fused-ring (bicyclic) bond motifs is 1. The molecule has 4 aromatic heterocycles. The summed E-state index contributed by atoms with van der Waals surface area (Å²) < 4.78 is 0. The average Bonchev–Trinajstić information content (AvgIpc) is 3.41. The summed E-state index contributed by atoms with van der Waals surface area (Å²) >= 11 is 1.74. The van der Waals surface area contributed by atoms with E-state index in [0.717, 1.165) is 41.0 Å². The summed E-state index contributed by atoms with van der Waals surface area (Å²) in [5.74, 6) is 0.986. The van der Waals surface area contributed by atoms with Crippen LogP contribution in [0.2, 0.25) is 0 Å². The van der Waals surface area contributed by atoms with Gasteiger partial charge in [-0.05, 0) is 49.0 Å². The van der Waals surface area contributed by atoms with Crippen LogP contribution in [0.15, 0.2) is 71.5 Å². The number of H-pyrrole nitrogens is 1. The third kappa shape index (κ3) is 4.43. The zero-order valence-electron chi connectivity index (χ0n) is 18.9. The van der Waals surface area contributed by atoms with Gasteiger partial charge in [0.1, 0.15) is 12.1 Å². The summed E-state index contributed by atoms with van der Waals surface area (Å²) in [6.45, 7) is 2.10. The van der Waals surface area contributed by atoms with Gasteiger partial charge in [0.15, 0.2) is 0 Å². The molecule has 5 heterocycles. The Hall–Kier alpha value is -3.95. The highest BCUT2D eigenvalue weighted by molar-refractivity contribution is 7.10. The number of nitrogens with one attached hydrogen (secondary N) is 3. The molecule has 1 aromatic carbocycles. The lowest BCUT2D eigenvalue weighted by Crippen LogP contribution is -2.28. The Balaban J connectivity index is 1.30. The van der Waals surface area contributed by atoms with E-state index in [1.54, 1.807) is 29.9 Å². The first-order valence-electron chi connectivity index (χ1n) is 11.6. The Labute approximate surface area is 205 Å². The molecule has 0 spiro atoms. The molecule has 1 unspecified atom stereocenters. The lowest BCUT2D eigenvalue weighted by Gasteiger charge is -2.20. The third-order valence-electron chi connectivity index (χ3n) is 6.22. The van der Waals surface area contributed by atoms with Crippen molar-refractivity contribution in [3.63, 3.8) is 0 Å². The Kier molecular flexibility index (Phi) is 5.77. The zero-order chi connectivity index (χ0) is 23.6. The predicted molar refractivity (Wildman–Crippen MR) is 139 cm³/mol. The van der Waals surface area contributed by atoms with Gasteiger partial charge in [0.25, 0.3) is 5.56 Å². The summed E-state index contributed by atoms with van der Waals surface area (Å²) in [6.07, 6.45) is 8.92. The molecule has 1 aliphatic heterocycles. The van der Waals surface area contributed by atoms with Crippen molar-refractivity contribution >= 4 is 33.6 Å². The van der Waals surface area contributed by atoms with Crippen LogP contribution in [0.3, 0.4) is 0 Å². The van der Waals surface area contributed by atoms with Gasteiger partial charge in [0, 0.05) is 53.2 Å². The van der Waals surface area contributed by atoms with E-state index < -0.39 is 0 Å². The SMILES string of the molecule is O=c1[nH]ccc2cc(-c3cncnc3)nc(Nc3ccc(-c4csc(C5CCCNC5)n4)cc3)c12. The highest BCUT2D eigenvalue weighted by Gasteiger charge is 2.19. The van der Waals surface area contributed by atoms with E-state index in [-0.39, 0.29) is 5.56 Å². The van der Waals surface area contributed by atoms with Crippen LogP contribution in [-0.4, -0.2) is 38.0 Å². The second kappa shape index (κ2) is 9.36. The van der Waals surface area contributed by atoms with Gasteiger partial charge in [-0.3, -0.25) is 4.79 Å². The van der Waals surface area contributed by atoms with Crippen LogP contribution in [-0.2, 0) is 0 Å². The van der Waals surface area contributed by atoms with Crippen LogP contribution in [0.1, 0.15) is 23.8 Å². The fourth-order valence-electron chi connectivity index (χ4n) is 4.42. The largest absolute Gasteiger partial charge is 0.340 e. The highest BCUT2D eigenvalue weighted by atomic mass is 32.1. The number of hydrogen-bond acceptors (Lipinski definition) is 8. The van der Waals surface area contributed by atoms with E-state index in [9.17, 15) is 4.79 Å². The molecule has 0 amide bonds. The second-order valence-corrected chi connectivity index (χ2v) is 9.46. The van der Waals surface area contributed by atoms with Crippen molar-refractivity contribution in [2.75, 3.05) is 18.4 Å². The number of benzene rings is 1. The summed E-state index contributed by atoms with van der Waals surface area (Å²) in [4.78, 5) is 33.2. The molecule has 6 rings (SSSR count).